The van der Waals surface area contributed by atoms with Crippen LogP contribution in [0.1, 0.15) is 36.9 Å². The van der Waals surface area contributed by atoms with E-state index in [0.29, 0.717) is 12.3 Å². The molecule has 2 aromatic carbocycles. The van der Waals surface area contributed by atoms with Crippen LogP contribution in [-0.2, 0) is 16.1 Å². The number of hydrogen-bond acceptors (Lipinski definition) is 4. The van der Waals surface area contributed by atoms with Gasteiger partial charge in [-0.05, 0) is 29.7 Å². The van der Waals surface area contributed by atoms with Crippen LogP contribution < -0.4 is 15.4 Å². The van der Waals surface area contributed by atoms with Crippen LogP contribution in [0.3, 0.4) is 0 Å². The molecular weight excluding hydrogens is 368 g/mol. The molecule has 1 saturated heterocycles. The highest BCUT2D eigenvalue weighted by Gasteiger charge is 2.38. The lowest BCUT2D eigenvalue weighted by molar-refractivity contribution is -0.149. The van der Waals surface area contributed by atoms with Crippen molar-refractivity contribution in [3.63, 3.8) is 0 Å². The molecule has 2 amide bonds. The van der Waals surface area contributed by atoms with Gasteiger partial charge in [-0.2, -0.15) is 0 Å². The van der Waals surface area contributed by atoms with Crippen LogP contribution >= 0.6 is 0 Å². The zero-order valence-corrected chi connectivity index (χ0v) is 16.5. The second kappa shape index (κ2) is 9.78. The number of carbonyl (C=O) groups excluding carboxylic acids is 2. The van der Waals surface area contributed by atoms with Gasteiger partial charge in [0.2, 0.25) is 0 Å². The van der Waals surface area contributed by atoms with Crippen LogP contribution in [0.15, 0.2) is 66.9 Å². The fourth-order valence-corrected chi connectivity index (χ4v) is 3.16. The molecule has 2 N–H and O–H groups in total. The van der Waals surface area contributed by atoms with Crippen molar-refractivity contribution in [1.82, 2.24) is 10.6 Å². The van der Waals surface area contributed by atoms with Crippen molar-refractivity contribution in [2.45, 2.75) is 32.4 Å². The predicted molar refractivity (Wildman–Crippen MR) is 110 cm³/mol. The zero-order valence-electron chi connectivity index (χ0n) is 16.5. The van der Waals surface area contributed by atoms with Gasteiger partial charge in [0.15, 0.2) is 0 Å². The van der Waals surface area contributed by atoms with Gasteiger partial charge in [-0.1, -0.05) is 62.4 Å². The van der Waals surface area contributed by atoms with E-state index in [1.807, 2.05) is 54.6 Å². The SMILES string of the molecule is C=C1NC(=O)N[C@H](c2ccc(OCCCC)cc2)[C@H]1C(=O)OCc1ccccc1. The first-order chi connectivity index (χ1) is 14.1. The molecule has 152 valence electrons. The molecule has 6 nitrogen and oxygen atoms in total. The summed E-state index contributed by atoms with van der Waals surface area (Å²) in [5.41, 5.74) is 2.00. The van der Waals surface area contributed by atoms with E-state index in [2.05, 4.69) is 24.1 Å². The highest BCUT2D eigenvalue weighted by molar-refractivity contribution is 5.85. The van der Waals surface area contributed by atoms with E-state index in [-0.39, 0.29) is 6.61 Å². The van der Waals surface area contributed by atoms with Crippen LogP contribution in [-0.4, -0.2) is 18.6 Å². The molecule has 29 heavy (non-hydrogen) atoms. The maximum absolute atomic E-state index is 12.8. The van der Waals surface area contributed by atoms with E-state index in [1.165, 1.54) is 0 Å². The number of hydrogen-bond donors (Lipinski definition) is 2. The first-order valence-corrected chi connectivity index (χ1v) is 9.78. The van der Waals surface area contributed by atoms with E-state index in [9.17, 15) is 9.59 Å². The standard InChI is InChI=1S/C23H26N2O4/c1-3-4-14-28-19-12-10-18(11-13-19)21-20(16(2)24-23(27)25-21)22(26)29-15-17-8-6-5-7-9-17/h5-13,20-21H,2-4,14-15H2,1H3,(H2,24,25,27)/t20-,21+/m0/s1. The molecule has 0 saturated carbocycles. The summed E-state index contributed by atoms with van der Waals surface area (Å²) in [7, 11) is 0. The Morgan fingerprint density at radius 1 is 1.10 bits per heavy atom. The molecular formula is C23H26N2O4. The van der Waals surface area contributed by atoms with Gasteiger partial charge in [-0.3, -0.25) is 4.79 Å². The topological polar surface area (TPSA) is 76.7 Å². The summed E-state index contributed by atoms with van der Waals surface area (Å²) in [6, 6.07) is 15.9. The summed E-state index contributed by atoms with van der Waals surface area (Å²) in [6.07, 6.45) is 2.05. The quantitative estimate of drug-likeness (QED) is 0.522. The van der Waals surface area contributed by atoms with Crippen LogP contribution in [0.2, 0.25) is 0 Å². The van der Waals surface area contributed by atoms with Crippen LogP contribution in [0.25, 0.3) is 0 Å². The highest BCUT2D eigenvalue weighted by Crippen LogP contribution is 2.31. The number of unbranched alkanes of at least 4 members (excludes halogenated alkanes) is 1. The lowest BCUT2D eigenvalue weighted by Gasteiger charge is -2.33. The molecule has 0 spiro atoms. The largest absolute Gasteiger partial charge is 0.494 e. The van der Waals surface area contributed by atoms with Crippen LogP contribution in [0, 0.1) is 5.92 Å². The number of amides is 2. The van der Waals surface area contributed by atoms with Crippen molar-refractivity contribution in [3.05, 3.63) is 78.0 Å². The van der Waals surface area contributed by atoms with Gasteiger partial charge in [-0.25, -0.2) is 4.79 Å². The molecule has 0 aromatic heterocycles. The van der Waals surface area contributed by atoms with Crippen molar-refractivity contribution in [2.75, 3.05) is 6.61 Å². The molecule has 1 fully saturated rings. The minimum absolute atomic E-state index is 0.161. The van der Waals surface area contributed by atoms with Crippen molar-refractivity contribution in [1.29, 1.82) is 0 Å². The third-order valence-electron chi connectivity index (χ3n) is 4.75. The Morgan fingerprint density at radius 2 is 1.83 bits per heavy atom. The number of benzene rings is 2. The Balaban J connectivity index is 1.72. The second-order valence-electron chi connectivity index (χ2n) is 6.94. The maximum Gasteiger partial charge on any atom is 0.319 e. The van der Waals surface area contributed by atoms with E-state index < -0.39 is 24.0 Å². The molecule has 2 aromatic rings. The average Bonchev–Trinajstić information content (AvgIpc) is 2.73. The second-order valence-corrected chi connectivity index (χ2v) is 6.94. The number of ether oxygens (including phenoxy) is 2. The van der Waals surface area contributed by atoms with Gasteiger partial charge in [0.25, 0.3) is 0 Å². The molecule has 1 heterocycles. The molecule has 2 atom stereocenters. The molecule has 3 rings (SSSR count). The number of carbonyl (C=O) groups is 2. The van der Waals surface area contributed by atoms with Gasteiger partial charge >= 0.3 is 12.0 Å². The number of rotatable bonds is 8. The van der Waals surface area contributed by atoms with Crippen LogP contribution in [0.5, 0.6) is 5.75 Å². The first-order valence-electron chi connectivity index (χ1n) is 9.78. The van der Waals surface area contributed by atoms with E-state index in [1.54, 1.807) is 0 Å². The molecule has 0 radical (unpaired) electrons. The smallest absolute Gasteiger partial charge is 0.319 e. The number of esters is 1. The summed E-state index contributed by atoms with van der Waals surface area (Å²) in [6.45, 7) is 6.79. The molecule has 0 unspecified atom stereocenters. The third kappa shape index (κ3) is 5.38. The van der Waals surface area contributed by atoms with E-state index >= 15 is 0 Å². The van der Waals surface area contributed by atoms with Crippen molar-refractivity contribution in [2.24, 2.45) is 5.92 Å². The Labute approximate surface area is 170 Å². The minimum Gasteiger partial charge on any atom is -0.494 e. The summed E-state index contributed by atoms with van der Waals surface area (Å²) < 4.78 is 11.2. The fraction of sp³-hybridized carbons (Fsp3) is 0.304. The Hall–Kier alpha value is -3.28. The van der Waals surface area contributed by atoms with Crippen LogP contribution in [0.4, 0.5) is 4.79 Å². The highest BCUT2D eigenvalue weighted by atomic mass is 16.5. The molecule has 0 aliphatic carbocycles. The molecule has 1 aliphatic rings. The summed E-state index contributed by atoms with van der Waals surface area (Å²) in [5, 5.41) is 5.40. The van der Waals surface area contributed by atoms with Gasteiger partial charge in [0.05, 0.1) is 12.6 Å². The van der Waals surface area contributed by atoms with Gasteiger partial charge in [-0.15, -0.1) is 0 Å². The van der Waals surface area contributed by atoms with E-state index in [0.717, 1.165) is 29.7 Å². The molecule has 0 bridgehead atoms. The van der Waals surface area contributed by atoms with Crippen molar-refractivity contribution < 1.29 is 19.1 Å². The normalized spacial score (nSPS) is 18.5. The monoisotopic (exact) mass is 394 g/mol. The summed E-state index contributed by atoms with van der Waals surface area (Å²) in [4.78, 5) is 24.8. The minimum atomic E-state index is -0.733. The van der Waals surface area contributed by atoms with Gasteiger partial charge in [0, 0.05) is 5.70 Å². The Morgan fingerprint density at radius 3 is 2.52 bits per heavy atom. The number of nitrogens with one attached hydrogen (secondary N) is 2. The lowest BCUT2D eigenvalue weighted by atomic mass is 9.89. The Bertz CT molecular complexity index is 849. The Kier molecular flexibility index (Phi) is 6.89. The molecule has 6 heteroatoms. The predicted octanol–water partition coefficient (Wildman–Crippen LogP) is 4.09. The maximum atomic E-state index is 12.8. The third-order valence-corrected chi connectivity index (χ3v) is 4.75. The fourth-order valence-electron chi connectivity index (χ4n) is 3.16. The van der Waals surface area contributed by atoms with Crippen molar-refractivity contribution in [3.8, 4) is 5.75 Å². The lowest BCUT2D eigenvalue weighted by Crippen LogP contribution is -2.51. The average molecular weight is 394 g/mol. The first kappa shape index (κ1) is 20.5. The van der Waals surface area contributed by atoms with Crippen molar-refractivity contribution >= 4 is 12.0 Å². The zero-order chi connectivity index (χ0) is 20.6. The molecule has 1 aliphatic heterocycles. The summed E-state index contributed by atoms with van der Waals surface area (Å²) >= 11 is 0. The van der Waals surface area contributed by atoms with Gasteiger partial charge in [0.1, 0.15) is 18.3 Å². The van der Waals surface area contributed by atoms with Gasteiger partial charge < -0.3 is 20.1 Å². The number of urea groups is 1. The van der Waals surface area contributed by atoms with E-state index in [4.69, 9.17) is 9.47 Å². The summed E-state index contributed by atoms with van der Waals surface area (Å²) in [5.74, 6) is -0.424.